The maximum absolute atomic E-state index is 12.3. The van der Waals surface area contributed by atoms with Gasteiger partial charge < -0.3 is 24.1 Å². The number of benzene rings is 1. The third-order valence-corrected chi connectivity index (χ3v) is 5.73. The number of esters is 1. The van der Waals surface area contributed by atoms with Crippen molar-refractivity contribution in [3.05, 3.63) is 76.3 Å². The molecule has 11 heteroatoms. The predicted octanol–water partition coefficient (Wildman–Crippen LogP) is 3.79. The summed E-state index contributed by atoms with van der Waals surface area (Å²) in [5, 5.41) is 14.7. The fourth-order valence-corrected chi connectivity index (χ4v) is 4.19. The number of thiocarbonyl (C=S) groups is 1. The van der Waals surface area contributed by atoms with Gasteiger partial charge in [-0.2, -0.15) is 0 Å². The molecule has 34 heavy (non-hydrogen) atoms. The van der Waals surface area contributed by atoms with Crippen LogP contribution in [0.1, 0.15) is 30.5 Å². The lowest BCUT2D eigenvalue weighted by Crippen LogP contribution is -2.35. The number of nitrogens with one attached hydrogen (secondary N) is 1. The SMILES string of the molecule is CCOC(=O)CN1C(=S)N[C@H](c2ccccn2)[C@@H]1c1ccc(-c2ccc([N+](=O)[O-])cc2OC)o1. The second kappa shape index (κ2) is 9.87. The van der Waals surface area contributed by atoms with Gasteiger partial charge >= 0.3 is 5.97 Å². The third kappa shape index (κ3) is 4.55. The molecule has 0 bridgehead atoms. The van der Waals surface area contributed by atoms with Crippen LogP contribution in [0.4, 0.5) is 5.69 Å². The molecule has 176 valence electrons. The van der Waals surface area contributed by atoms with Crippen molar-refractivity contribution in [3.8, 4) is 17.1 Å². The van der Waals surface area contributed by atoms with Crippen molar-refractivity contribution in [1.29, 1.82) is 0 Å². The number of rotatable bonds is 8. The highest BCUT2D eigenvalue weighted by Gasteiger charge is 2.42. The van der Waals surface area contributed by atoms with E-state index in [9.17, 15) is 14.9 Å². The topological polar surface area (TPSA) is 120 Å². The number of nitro benzene ring substituents is 1. The van der Waals surface area contributed by atoms with Crippen molar-refractivity contribution in [2.75, 3.05) is 20.3 Å². The van der Waals surface area contributed by atoms with Crippen molar-refractivity contribution in [2.24, 2.45) is 0 Å². The quantitative estimate of drug-likeness (QED) is 0.220. The Morgan fingerprint density at radius 1 is 1.29 bits per heavy atom. The van der Waals surface area contributed by atoms with Crippen molar-refractivity contribution in [2.45, 2.75) is 19.0 Å². The van der Waals surface area contributed by atoms with Gasteiger partial charge in [0.25, 0.3) is 5.69 Å². The van der Waals surface area contributed by atoms with Gasteiger partial charge in [-0.25, -0.2) is 0 Å². The molecule has 2 atom stereocenters. The molecule has 1 fully saturated rings. The molecule has 1 aliphatic heterocycles. The lowest BCUT2D eigenvalue weighted by Gasteiger charge is -2.25. The molecule has 0 unspecified atom stereocenters. The number of methoxy groups -OCH3 is 1. The molecular weight excluding hydrogens is 460 g/mol. The molecule has 4 rings (SSSR count). The Morgan fingerprint density at radius 2 is 2.12 bits per heavy atom. The van der Waals surface area contributed by atoms with Gasteiger partial charge in [0.15, 0.2) is 5.11 Å². The third-order valence-electron chi connectivity index (χ3n) is 5.38. The second-order valence-corrected chi connectivity index (χ2v) is 7.79. The highest BCUT2D eigenvalue weighted by atomic mass is 32.1. The van der Waals surface area contributed by atoms with Crippen molar-refractivity contribution >= 4 is 29.0 Å². The molecule has 3 aromatic rings. The summed E-state index contributed by atoms with van der Waals surface area (Å²) < 4.78 is 16.7. The molecule has 0 spiro atoms. The van der Waals surface area contributed by atoms with E-state index >= 15 is 0 Å². The van der Waals surface area contributed by atoms with Crippen LogP contribution in [0.5, 0.6) is 5.75 Å². The zero-order chi connectivity index (χ0) is 24.2. The zero-order valence-electron chi connectivity index (χ0n) is 18.5. The summed E-state index contributed by atoms with van der Waals surface area (Å²) in [5.41, 5.74) is 1.19. The summed E-state index contributed by atoms with van der Waals surface area (Å²) in [6.45, 7) is 1.93. The van der Waals surface area contributed by atoms with Crippen LogP contribution in [0.3, 0.4) is 0 Å². The lowest BCUT2D eigenvalue weighted by molar-refractivity contribution is -0.384. The Bertz CT molecular complexity index is 1220. The molecule has 0 aliphatic carbocycles. The Morgan fingerprint density at radius 3 is 2.79 bits per heavy atom. The molecule has 3 heterocycles. The number of hydrogen-bond acceptors (Lipinski definition) is 8. The van der Waals surface area contributed by atoms with Gasteiger partial charge in [0.2, 0.25) is 0 Å². The molecular formula is C23H22N4O6S. The fourth-order valence-electron chi connectivity index (χ4n) is 3.88. The van der Waals surface area contributed by atoms with Gasteiger partial charge in [-0.15, -0.1) is 0 Å². The minimum atomic E-state index is -0.490. The maximum Gasteiger partial charge on any atom is 0.325 e. The van der Waals surface area contributed by atoms with E-state index in [4.69, 9.17) is 26.1 Å². The summed E-state index contributed by atoms with van der Waals surface area (Å²) in [6, 6.07) is 12.5. The monoisotopic (exact) mass is 482 g/mol. The Kier molecular flexibility index (Phi) is 6.73. The van der Waals surface area contributed by atoms with Crippen LogP contribution < -0.4 is 10.1 Å². The predicted molar refractivity (Wildman–Crippen MR) is 126 cm³/mol. The first-order chi connectivity index (χ1) is 16.4. The summed E-state index contributed by atoms with van der Waals surface area (Å²) >= 11 is 5.53. The van der Waals surface area contributed by atoms with E-state index in [1.54, 1.807) is 36.2 Å². The van der Waals surface area contributed by atoms with E-state index in [1.807, 2.05) is 18.2 Å². The van der Waals surface area contributed by atoms with Gasteiger partial charge in [0.05, 0.1) is 42.0 Å². The van der Waals surface area contributed by atoms with E-state index in [2.05, 4.69) is 10.3 Å². The van der Waals surface area contributed by atoms with E-state index in [0.29, 0.717) is 27.9 Å². The number of non-ortho nitro benzene ring substituents is 1. The number of carbonyl (C=O) groups excluding carboxylic acids is 1. The number of nitrogens with zero attached hydrogens (tertiary/aromatic N) is 3. The first-order valence-corrected chi connectivity index (χ1v) is 10.9. The molecule has 0 radical (unpaired) electrons. The molecule has 1 N–H and O–H groups in total. The smallest absolute Gasteiger partial charge is 0.325 e. The molecule has 2 aromatic heterocycles. The molecule has 1 saturated heterocycles. The number of aromatic nitrogens is 1. The summed E-state index contributed by atoms with van der Waals surface area (Å²) in [6.07, 6.45) is 1.68. The largest absolute Gasteiger partial charge is 0.496 e. The average Bonchev–Trinajstić information content (AvgIpc) is 3.44. The van der Waals surface area contributed by atoms with E-state index < -0.39 is 16.9 Å². The van der Waals surface area contributed by atoms with Gasteiger partial charge in [0.1, 0.15) is 29.9 Å². The van der Waals surface area contributed by atoms with Gasteiger partial charge in [-0.05, 0) is 49.5 Å². The lowest BCUT2D eigenvalue weighted by atomic mass is 10.0. The number of pyridine rings is 1. The van der Waals surface area contributed by atoms with Crippen molar-refractivity contribution in [3.63, 3.8) is 0 Å². The van der Waals surface area contributed by atoms with Crippen LogP contribution in [0.25, 0.3) is 11.3 Å². The second-order valence-electron chi connectivity index (χ2n) is 7.40. The van der Waals surface area contributed by atoms with Crippen molar-refractivity contribution < 1.29 is 23.6 Å². The van der Waals surface area contributed by atoms with Crippen LogP contribution in [0.2, 0.25) is 0 Å². The zero-order valence-corrected chi connectivity index (χ0v) is 19.3. The van der Waals surface area contributed by atoms with E-state index in [1.165, 1.54) is 19.2 Å². The number of furan rings is 1. The van der Waals surface area contributed by atoms with Crippen molar-refractivity contribution in [1.82, 2.24) is 15.2 Å². The van der Waals surface area contributed by atoms with Crippen LogP contribution in [-0.4, -0.2) is 46.2 Å². The number of hydrogen-bond donors (Lipinski definition) is 1. The highest BCUT2D eigenvalue weighted by molar-refractivity contribution is 7.80. The minimum absolute atomic E-state index is 0.0649. The number of carbonyl (C=O) groups is 1. The number of nitro groups is 1. The molecule has 0 amide bonds. The van der Waals surface area contributed by atoms with Gasteiger partial charge in [-0.1, -0.05) is 6.07 Å². The van der Waals surface area contributed by atoms with Gasteiger partial charge in [0, 0.05) is 12.3 Å². The maximum atomic E-state index is 12.3. The Labute approximate surface area is 200 Å². The highest BCUT2D eigenvalue weighted by Crippen LogP contribution is 2.42. The van der Waals surface area contributed by atoms with E-state index in [0.717, 1.165) is 5.69 Å². The normalized spacial score (nSPS) is 17.4. The van der Waals surface area contributed by atoms with Crippen LogP contribution in [-0.2, 0) is 9.53 Å². The van der Waals surface area contributed by atoms with Gasteiger partial charge in [-0.3, -0.25) is 19.9 Å². The Hall–Kier alpha value is -3.99. The molecule has 1 aromatic carbocycles. The summed E-state index contributed by atoms with van der Waals surface area (Å²) in [7, 11) is 1.43. The van der Waals surface area contributed by atoms with Crippen LogP contribution in [0.15, 0.2) is 59.1 Å². The molecule has 1 aliphatic rings. The Balaban J connectivity index is 1.73. The van der Waals surface area contributed by atoms with E-state index in [-0.39, 0.29) is 24.9 Å². The first-order valence-electron chi connectivity index (χ1n) is 10.5. The number of ether oxygens (including phenoxy) is 2. The standard InChI is InChI=1S/C23H22N4O6S/c1-3-32-20(28)13-26-22(21(25-23(26)34)16-6-4-5-11-24-16)18-10-9-17(33-18)15-8-7-14(27(29)30)12-19(15)31-2/h4-12,21-22H,3,13H2,1-2H3,(H,25,34)/t21-,22+/m1/s1. The molecule has 10 nitrogen and oxygen atoms in total. The molecule has 0 saturated carbocycles. The average molecular weight is 483 g/mol. The van der Waals surface area contributed by atoms with Crippen LogP contribution >= 0.6 is 12.2 Å². The fraction of sp³-hybridized carbons (Fsp3) is 0.261. The summed E-state index contributed by atoms with van der Waals surface area (Å²) in [4.78, 5) is 29.1. The minimum Gasteiger partial charge on any atom is -0.496 e. The van der Waals surface area contributed by atoms with Crippen LogP contribution in [0, 0.1) is 10.1 Å². The first kappa shape index (κ1) is 23.2. The summed E-state index contributed by atoms with van der Waals surface area (Å²) in [5.74, 6) is 0.875.